The zero-order valence-electron chi connectivity index (χ0n) is 9.50. The van der Waals surface area contributed by atoms with Crippen LogP contribution in [0.2, 0.25) is 0 Å². The van der Waals surface area contributed by atoms with E-state index >= 15 is 0 Å². The van der Waals surface area contributed by atoms with Crippen molar-refractivity contribution in [1.29, 1.82) is 0 Å². The van der Waals surface area contributed by atoms with Gasteiger partial charge in [-0.1, -0.05) is 12.2 Å². The third-order valence-electron chi connectivity index (χ3n) is 2.74. The van der Waals surface area contributed by atoms with Crippen LogP contribution in [0.3, 0.4) is 0 Å². The van der Waals surface area contributed by atoms with Gasteiger partial charge >= 0.3 is 0 Å². The highest BCUT2D eigenvalue weighted by Gasteiger charge is 2.35. The molecule has 1 fully saturated rings. The normalized spacial score (nSPS) is 21.5. The number of sulfonamides is 1. The summed E-state index contributed by atoms with van der Waals surface area (Å²) in [6.45, 7) is -0.0130. The van der Waals surface area contributed by atoms with Gasteiger partial charge in [0, 0.05) is 7.05 Å². The second kappa shape index (κ2) is 5.17. The minimum absolute atomic E-state index is 0.0130. The van der Waals surface area contributed by atoms with E-state index in [0.29, 0.717) is 0 Å². The summed E-state index contributed by atoms with van der Waals surface area (Å²) in [4.78, 5) is 0.0968. The number of hydrogen-bond acceptors (Lipinski definition) is 5. The maximum absolute atomic E-state index is 12.0. The number of likely N-dealkylation sites (N-methyl/N-ethyl adjacent to an activating group) is 1. The molecular weight excluding hydrogens is 284 g/mol. The first-order valence-corrected chi connectivity index (χ1v) is 8.82. The molecule has 0 atom stereocenters. The third-order valence-corrected chi connectivity index (χ3v) is 6.89. The molecule has 2 N–H and O–H groups in total. The van der Waals surface area contributed by atoms with Crippen LogP contribution in [-0.2, 0) is 19.9 Å². The van der Waals surface area contributed by atoms with Crippen molar-refractivity contribution in [2.75, 3.05) is 25.1 Å². The number of nitrogens with zero attached hydrogens (tertiary/aromatic N) is 1. The Labute approximate surface area is 107 Å². The highest BCUT2D eigenvalue weighted by molar-refractivity contribution is 7.92. The van der Waals surface area contributed by atoms with Crippen LogP contribution in [0.15, 0.2) is 0 Å². The average molecular weight is 300 g/mol. The standard InChI is InChI=1S/C8H16N2O4S3/c1-10(6-8(9)15)17(13,14)7-2-4-16(11,12)5-3-7/h7H,2-6H2,1H3,(H2,9,15). The van der Waals surface area contributed by atoms with E-state index in [9.17, 15) is 16.8 Å². The van der Waals surface area contributed by atoms with Crippen LogP contribution in [0.5, 0.6) is 0 Å². The van der Waals surface area contributed by atoms with Crippen LogP contribution in [0, 0.1) is 0 Å². The zero-order chi connectivity index (χ0) is 13.3. The fraction of sp³-hybridized carbons (Fsp3) is 0.875. The topological polar surface area (TPSA) is 97.5 Å². The van der Waals surface area contributed by atoms with E-state index in [1.165, 1.54) is 7.05 Å². The number of rotatable bonds is 4. The largest absolute Gasteiger partial charge is 0.392 e. The Hall–Kier alpha value is -0.250. The predicted octanol–water partition coefficient (Wildman–Crippen LogP) is -0.889. The summed E-state index contributed by atoms with van der Waals surface area (Å²) in [5.41, 5.74) is 5.29. The van der Waals surface area contributed by atoms with E-state index in [-0.39, 0.29) is 35.9 Å². The van der Waals surface area contributed by atoms with Crippen molar-refractivity contribution in [2.45, 2.75) is 18.1 Å². The van der Waals surface area contributed by atoms with Gasteiger partial charge in [-0.05, 0) is 12.8 Å². The van der Waals surface area contributed by atoms with Gasteiger partial charge in [0.1, 0.15) is 9.84 Å². The molecule has 1 rings (SSSR count). The summed E-state index contributed by atoms with van der Waals surface area (Å²) in [6, 6.07) is 0. The molecular formula is C8H16N2O4S3. The Morgan fingerprint density at radius 2 is 1.88 bits per heavy atom. The quantitative estimate of drug-likeness (QED) is 0.677. The molecule has 0 aromatic rings. The van der Waals surface area contributed by atoms with Gasteiger partial charge in [0.15, 0.2) is 0 Å². The molecule has 9 heteroatoms. The molecule has 100 valence electrons. The molecule has 17 heavy (non-hydrogen) atoms. The first-order valence-electron chi connectivity index (χ1n) is 5.09. The number of hydrogen-bond donors (Lipinski definition) is 1. The monoisotopic (exact) mass is 300 g/mol. The van der Waals surface area contributed by atoms with Crippen LogP contribution in [0.4, 0.5) is 0 Å². The van der Waals surface area contributed by atoms with Crippen LogP contribution in [-0.4, -0.2) is 56.5 Å². The van der Waals surface area contributed by atoms with Crippen molar-refractivity contribution < 1.29 is 16.8 Å². The van der Waals surface area contributed by atoms with Crippen LogP contribution >= 0.6 is 12.2 Å². The molecule has 1 saturated heterocycles. The van der Waals surface area contributed by atoms with E-state index in [1.54, 1.807) is 0 Å². The first kappa shape index (κ1) is 14.8. The van der Waals surface area contributed by atoms with Crippen molar-refractivity contribution in [3.63, 3.8) is 0 Å². The van der Waals surface area contributed by atoms with Crippen molar-refractivity contribution in [1.82, 2.24) is 4.31 Å². The maximum Gasteiger partial charge on any atom is 0.217 e. The molecule has 0 amide bonds. The lowest BCUT2D eigenvalue weighted by Crippen LogP contribution is -2.43. The summed E-state index contributed by atoms with van der Waals surface area (Å²) in [6.07, 6.45) is 0.290. The van der Waals surface area contributed by atoms with E-state index in [0.717, 1.165) is 4.31 Å². The summed E-state index contributed by atoms with van der Waals surface area (Å²) in [5, 5.41) is -0.648. The average Bonchev–Trinajstić information content (AvgIpc) is 2.15. The molecule has 0 spiro atoms. The molecule has 0 unspecified atom stereocenters. The highest BCUT2D eigenvalue weighted by atomic mass is 32.2. The van der Waals surface area contributed by atoms with Gasteiger partial charge in [-0.15, -0.1) is 0 Å². The second-order valence-corrected chi connectivity index (χ2v) is 9.27. The summed E-state index contributed by atoms with van der Waals surface area (Å²) < 4.78 is 47.6. The Kier molecular flexibility index (Phi) is 4.50. The molecule has 0 bridgehead atoms. The molecule has 0 radical (unpaired) electrons. The molecule has 1 heterocycles. The zero-order valence-corrected chi connectivity index (χ0v) is 11.9. The highest BCUT2D eigenvalue weighted by Crippen LogP contribution is 2.21. The smallest absolute Gasteiger partial charge is 0.217 e. The third kappa shape index (κ3) is 3.87. The van der Waals surface area contributed by atoms with Gasteiger partial charge in [0.2, 0.25) is 10.0 Å². The molecule has 6 nitrogen and oxygen atoms in total. The molecule has 0 aliphatic carbocycles. The predicted molar refractivity (Wildman–Crippen MR) is 70.0 cm³/mol. The minimum Gasteiger partial charge on any atom is -0.392 e. The SMILES string of the molecule is CN(CC(N)=S)S(=O)(=O)C1CCS(=O)(=O)CC1. The van der Waals surface area contributed by atoms with Gasteiger partial charge in [0.25, 0.3) is 0 Å². The molecule has 1 aliphatic rings. The lowest BCUT2D eigenvalue weighted by atomic mass is 10.2. The number of nitrogens with two attached hydrogens (primary N) is 1. The van der Waals surface area contributed by atoms with Crippen LogP contribution < -0.4 is 5.73 Å². The summed E-state index contributed by atoms with van der Waals surface area (Å²) >= 11 is 4.65. The van der Waals surface area contributed by atoms with E-state index in [1.807, 2.05) is 0 Å². The van der Waals surface area contributed by atoms with Crippen molar-refractivity contribution in [3.8, 4) is 0 Å². The van der Waals surface area contributed by atoms with Crippen molar-refractivity contribution >= 4 is 37.1 Å². The van der Waals surface area contributed by atoms with Crippen LogP contribution in [0.25, 0.3) is 0 Å². The van der Waals surface area contributed by atoms with Gasteiger partial charge in [-0.2, -0.15) is 4.31 Å². The second-order valence-electron chi connectivity index (χ2n) is 4.12. The van der Waals surface area contributed by atoms with Crippen LogP contribution in [0.1, 0.15) is 12.8 Å². The van der Waals surface area contributed by atoms with E-state index < -0.39 is 25.1 Å². The van der Waals surface area contributed by atoms with Gasteiger partial charge in [0.05, 0.1) is 28.3 Å². The number of sulfone groups is 1. The summed E-state index contributed by atoms with van der Waals surface area (Å²) in [7, 11) is -5.16. The molecule has 0 aromatic carbocycles. The fourth-order valence-corrected chi connectivity index (χ4v) is 5.45. The Balaban J connectivity index is 2.76. The van der Waals surface area contributed by atoms with Gasteiger partial charge < -0.3 is 5.73 Å². The van der Waals surface area contributed by atoms with Crippen molar-refractivity contribution in [3.05, 3.63) is 0 Å². The molecule has 0 saturated carbocycles. The Bertz CT molecular complexity index is 483. The number of thiocarbonyl (C=S) groups is 1. The molecule has 0 aromatic heterocycles. The fourth-order valence-electron chi connectivity index (χ4n) is 1.73. The molecule has 1 aliphatic heterocycles. The van der Waals surface area contributed by atoms with Gasteiger partial charge in [-0.25, -0.2) is 16.8 Å². The van der Waals surface area contributed by atoms with Crippen molar-refractivity contribution in [2.24, 2.45) is 5.73 Å². The van der Waals surface area contributed by atoms with E-state index in [2.05, 4.69) is 12.2 Å². The lowest BCUT2D eigenvalue weighted by molar-refractivity contribution is 0.481. The first-order chi connectivity index (χ1) is 7.65. The van der Waals surface area contributed by atoms with E-state index in [4.69, 9.17) is 5.73 Å². The maximum atomic E-state index is 12.0. The lowest BCUT2D eigenvalue weighted by Gasteiger charge is -2.26. The minimum atomic E-state index is -3.51. The Morgan fingerprint density at radius 3 is 2.29 bits per heavy atom. The van der Waals surface area contributed by atoms with Gasteiger partial charge in [-0.3, -0.25) is 0 Å². The summed E-state index contributed by atoms with van der Waals surface area (Å²) in [5.74, 6) is -0.143. The Morgan fingerprint density at radius 1 is 1.41 bits per heavy atom.